The van der Waals surface area contributed by atoms with Crippen molar-refractivity contribution in [1.82, 2.24) is 5.32 Å². The Balaban J connectivity index is 2.32. The highest BCUT2D eigenvalue weighted by Crippen LogP contribution is 2.31. The van der Waals surface area contributed by atoms with E-state index in [1.54, 1.807) is 6.07 Å². The largest absolute Gasteiger partial charge is 0.508 e. The summed E-state index contributed by atoms with van der Waals surface area (Å²) in [5.41, 5.74) is 1.01. The second kappa shape index (κ2) is 3.68. The average Bonchev–Trinajstić information content (AvgIpc) is 2.61. The third kappa shape index (κ3) is 1.86. The molecule has 0 spiro atoms. The molecule has 1 aliphatic rings. The zero-order valence-corrected chi connectivity index (χ0v) is 8.84. The zero-order valence-electron chi connectivity index (χ0n) is 7.26. The normalized spacial score (nSPS) is 22.1. The summed E-state index contributed by atoms with van der Waals surface area (Å²) >= 11 is 3.40. The Kier molecular flexibility index (Phi) is 2.56. The first-order valence-corrected chi connectivity index (χ1v) is 5.28. The highest BCUT2D eigenvalue weighted by atomic mass is 79.9. The molecule has 0 aliphatic carbocycles. The molecule has 0 unspecified atom stereocenters. The van der Waals surface area contributed by atoms with E-state index in [9.17, 15) is 5.11 Å². The quantitative estimate of drug-likeness (QED) is 0.793. The predicted molar refractivity (Wildman–Crippen MR) is 55.8 cm³/mol. The van der Waals surface area contributed by atoms with Crippen LogP contribution in [0.25, 0.3) is 0 Å². The van der Waals surface area contributed by atoms with Crippen molar-refractivity contribution in [1.29, 1.82) is 0 Å². The van der Waals surface area contributed by atoms with Crippen LogP contribution >= 0.6 is 15.9 Å². The predicted octanol–water partition coefficient (Wildman–Crippen LogP) is 2.58. The molecule has 3 heteroatoms. The maximum Gasteiger partial charge on any atom is 0.120 e. The molecule has 1 fully saturated rings. The lowest BCUT2D eigenvalue weighted by molar-refractivity contribution is 0.457. The van der Waals surface area contributed by atoms with Crippen LogP contribution in [0.2, 0.25) is 0 Å². The van der Waals surface area contributed by atoms with E-state index in [-0.39, 0.29) is 0 Å². The second-order valence-corrected chi connectivity index (χ2v) is 4.27. The molecule has 70 valence electrons. The summed E-state index contributed by atoms with van der Waals surface area (Å²) in [6.45, 7) is 1.05. The Bertz CT molecular complexity index is 308. The topological polar surface area (TPSA) is 32.3 Å². The van der Waals surface area contributed by atoms with E-state index in [0.29, 0.717) is 11.8 Å². The van der Waals surface area contributed by atoms with Gasteiger partial charge in [0, 0.05) is 16.1 Å². The minimum atomic E-state index is 0.331. The molecule has 1 atom stereocenters. The van der Waals surface area contributed by atoms with Gasteiger partial charge in [0.15, 0.2) is 0 Å². The molecule has 13 heavy (non-hydrogen) atoms. The number of halogens is 1. The lowest BCUT2D eigenvalue weighted by atomic mass is 10.0. The van der Waals surface area contributed by atoms with Gasteiger partial charge in [0.05, 0.1) is 0 Å². The summed E-state index contributed by atoms with van der Waals surface area (Å²) in [6.07, 6.45) is 2.31. The molecule has 2 rings (SSSR count). The van der Waals surface area contributed by atoms with E-state index < -0.39 is 0 Å². The Morgan fingerprint density at radius 2 is 2.31 bits per heavy atom. The SMILES string of the molecule is Oc1ccc(Br)cc1[C@H]1CCCN1. The van der Waals surface area contributed by atoms with Gasteiger partial charge in [-0.25, -0.2) is 0 Å². The summed E-state index contributed by atoms with van der Waals surface area (Å²) in [7, 11) is 0. The molecule has 0 radical (unpaired) electrons. The van der Waals surface area contributed by atoms with Crippen LogP contribution in [-0.4, -0.2) is 11.7 Å². The molecule has 0 saturated carbocycles. The monoisotopic (exact) mass is 241 g/mol. The van der Waals surface area contributed by atoms with E-state index in [1.165, 1.54) is 6.42 Å². The van der Waals surface area contributed by atoms with Gasteiger partial charge in [0.25, 0.3) is 0 Å². The number of nitrogens with one attached hydrogen (secondary N) is 1. The van der Waals surface area contributed by atoms with Gasteiger partial charge in [0.1, 0.15) is 5.75 Å². The van der Waals surface area contributed by atoms with Crippen molar-refractivity contribution in [2.24, 2.45) is 0 Å². The van der Waals surface area contributed by atoms with Gasteiger partial charge in [-0.15, -0.1) is 0 Å². The van der Waals surface area contributed by atoms with E-state index in [0.717, 1.165) is 23.0 Å². The van der Waals surface area contributed by atoms with Crippen molar-refractivity contribution in [2.75, 3.05) is 6.54 Å². The zero-order chi connectivity index (χ0) is 9.26. The Labute approximate surface area is 86.1 Å². The van der Waals surface area contributed by atoms with E-state index in [1.807, 2.05) is 12.1 Å². The van der Waals surface area contributed by atoms with Gasteiger partial charge in [-0.05, 0) is 37.6 Å². The van der Waals surface area contributed by atoms with Gasteiger partial charge < -0.3 is 10.4 Å². The molecular weight excluding hydrogens is 230 g/mol. The molecule has 1 aromatic rings. The minimum Gasteiger partial charge on any atom is -0.508 e. The Morgan fingerprint density at radius 3 is 3.00 bits per heavy atom. The molecule has 2 nitrogen and oxygen atoms in total. The molecule has 1 heterocycles. The maximum absolute atomic E-state index is 9.63. The molecule has 1 saturated heterocycles. The summed E-state index contributed by atoms with van der Waals surface area (Å²) in [6, 6.07) is 5.91. The first-order chi connectivity index (χ1) is 6.27. The lowest BCUT2D eigenvalue weighted by Crippen LogP contribution is -2.12. The van der Waals surface area contributed by atoms with Gasteiger partial charge in [-0.1, -0.05) is 15.9 Å². The third-order valence-corrected chi connectivity index (χ3v) is 2.92. The van der Waals surface area contributed by atoms with Crippen LogP contribution in [0.5, 0.6) is 5.75 Å². The van der Waals surface area contributed by atoms with Gasteiger partial charge in [-0.2, -0.15) is 0 Å². The number of hydrogen-bond donors (Lipinski definition) is 2. The highest BCUT2D eigenvalue weighted by molar-refractivity contribution is 9.10. The van der Waals surface area contributed by atoms with Crippen LogP contribution in [0.15, 0.2) is 22.7 Å². The molecule has 1 aliphatic heterocycles. The Morgan fingerprint density at radius 1 is 1.46 bits per heavy atom. The minimum absolute atomic E-state index is 0.331. The molecular formula is C10H12BrNO. The molecule has 0 bridgehead atoms. The van der Waals surface area contributed by atoms with Crippen molar-refractivity contribution >= 4 is 15.9 Å². The summed E-state index contributed by atoms with van der Waals surface area (Å²) in [5.74, 6) is 0.391. The molecule has 0 amide bonds. The van der Waals surface area contributed by atoms with E-state index >= 15 is 0 Å². The van der Waals surface area contributed by atoms with E-state index in [2.05, 4.69) is 21.2 Å². The fourth-order valence-corrected chi connectivity index (χ4v) is 2.13. The van der Waals surface area contributed by atoms with Crippen molar-refractivity contribution in [3.8, 4) is 5.75 Å². The van der Waals surface area contributed by atoms with Crippen LogP contribution in [0.3, 0.4) is 0 Å². The number of aromatic hydroxyl groups is 1. The van der Waals surface area contributed by atoms with Gasteiger partial charge in [0.2, 0.25) is 0 Å². The molecule has 1 aromatic carbocycles. The van der Waals surface area contributed by atoms with Crippen LogP contribution in [0.1, 0.15) is 24.4 Å². The molecule has 0 aromatic heterocycles. The van der Waals surface area contributed by atoms with Gasteiger partial charge in [-0.3, -0.25) is 0 Å². The van der Waals surface area contributed by atoms with Crippen molar-refractivity contribution in [3.05, 3.63) is 28.2 Å². The van der Waals surface area contributed by atoms with Crippen LogP contribution in [0, 0.1) is 0 Å². The van der Waals surface area contributed by atoms with Crippen LogP contribution in [0.4, 0.5) is 0 Å². The maximum atomic E-state index is 9.63. The van der Waals surface area contributed by atoms with Crippen molar-refractivity contribution in [3.63, 3.8) is 0 Å². The van der Waals surface area contributed by atoms with Gasteiger partial charge >= 0.3 is 0 Å². The average molecular weight is 242 g/mol. The fraction of sp³-hybridized carbons (Fsp3) is 0.400. The summed E-state index contributed by atoms with van der Waals surface area (Å²) in [5, 5.41) is 13.0. The Hall–Kier alpha value is -0.540. The standard InChI is InChI=1S/C10H12BrNO/c11-7-3-4-10(13)8(6-7)9-2-1-5-12-9/h3-4,6,9,12-13H,1-2,5H2/t9-/m1/s1. The second-order valence-electron chi connectivity index (χ2n) is 3.35. The summed E-state index contributed by atoms with van der Waals surface area (Å²) in [4.78, 5) is 0. The number of rotatable bonds is 1. The highest BCUT2D eigenvalue weighted by Gasteiger charge is 2.18. The fourth-order valence-electron chi connectivity index (χ4n) is 1.75. The summed E-state index contributed by atoms with van der Waals surface area (Å²) < 4.78 is 1.02. The smallest absolute Gasteiger partial charge is 0.120 e. The first kappa shape index (κ1) is 9.03. The number of phenolic OH excluding ortho intramolecular Hbond substituents is 1. The van der Waals surface area contributed by atoms with E-state index in [4.69, 9.17) is 0 Å². The number of benzene rings is 1. The van der Waals surface area contributed by atoms with Crippen molar-refractivity contribution in [2.45, 2.75) is 18.9 Å². The lowest BCUT2D eigenvalue weighted by Gasteiger charge is -2.12. The first-order valence-electron chi connectivity index (χ1n) is 4.49. The molecule has 2 N–H and O–H groups in total. The van der Waals surface area contributed by atoms with Crippen molar-refractivity contribution < 1.29 is 5.11 Å². The third-order valence-electron chi connectivity index (χ3n) is 2.43. The van der Waals surface area contributed by atoms with Crippen LogP contribution < -0.4 is 5.32 Å². The number of phenols is 1. The van der Waals surface area contributed by atoms with Crippen LogP contribution in [-0.2, 0) is 0 Å². The number of hydrogen-bond acceptors (Lipinski definition) is 2.